The summed E-state index contributed by atoms with van der Waals surface area (Å²) < 4.78 is 4.94. The molecule has 4 heteroatoms. The van der Waals surface area contributed by atoms with E-state index in [1.807, 2.05) is 6.92 Å². The Kier molecular flexibility index (Phi) is 4.77. The highest BCUT2D eigenvalue weighted by Gasteiger charge is 2.33. The van der Waals surface area contributed by atoms with Crippen molar-refractivity contribution < 1.29 is 14.3 Å². The first-order valence-corrected chi connectivity index (χ1v) is 6.08. The van der Waals surface area contributed by atoms with Crippen LogP contribution in [0.3, 0.4) is 0 Å². The molecule has 1 rings (SSSR count). The van der Waals surface area contributed by atoms with Crippen molar-refractivity contribution in [3.05, 3.63) is 0 Å². The van der Waals surface area contributed by atoms with Crippen LogP contribution in [-0.4, -0.2) is 36.0 Å². The fourth-order valence-corrected chi connectivity index (χ4v) is 2.13. The smallest absolute Gasteiger partial charge is 0.328 e. The van der Waals surface area contributed by atoms with Gasteiger partial charge in [0.25, 0.3) is 0 Å². The molecule has 2 atom stereocenters. The second-order valence-corrected chi connectivity index (χ2v) is 4.21. The van der Waals surface area contributed by atoms with Crippen molar-refractivity contribution in [3.8, 4) is 0 Å². The van der Waals surface area contributed by atoms with Gasteiger partial charge >= 0.3 is 5.97 Å². The van der Waals surface area contributed by atoms with Gasteiger partial charge in [0.05, 0.1) is 6.61 Å². The number of amides is 1. The number of ether oxygens (including phenoxy) is 1. The number of nitrogens with zero attached hydrogens (tertiary/aromatic N) is 1. The Bertz CT molecular complexity index is 265. The van der Waals surface area contributed by atoms with E-state index in [2.05, 4.69) is 0 Å². The summed E-state index contributed by atoms with van der Waals surface area (Å²) in [6, 6.07) is -0.443. The molecule has 2 unspecified atom stereocenters. The number of hydrogen-bond acceptors (Lipinski definition) is 3. The summed E-state index contributed by atoms with van der Waals surface area (Å²) in [5.74, 6) is -0.104. The Morgan fingerprint density at radius 1 is 1.56 bits per heavy atom. The number of rotatable bonds is 4. The third-order valence-corrected chi connectivity index (χ3v) is 3.17. The summed E-state index contributed by atoms with van der Waals surface area (Å²) in [6.45, 7) is 6.57. The first-order valence-electron chi connectivity index (χ1n) is 6.08. The molecule has 16 heavy (non-hydrogen) atoms. The molecule has 0 spiro atoms. The average molecular weight is 227 g/mol. The van der Waals surface area contributed by atoms with Crippen LogP contribution in [0, 0.1) is 5.92 Å². The quantitative estimate of drug-likeness (QED) is 0.685. The predicted molar refractivity (Wildman–Crippen MR) is 60.8 cm³/mol. The molecule has 0 radical (unpaired) electrons. The van der Waals surface area contributed by atoms with E-state index in [1.165, 1.54) is 0 Å². The number of esters is 1. The van der Waals surface area contributed by atoms with Gasteiger partial charge in [0.1, 0.15) is 6.04 Å². The monoisotopic (exact) mass is 227 g/mol. The molecule has 1 aliphatic rings. The summed E-state index contributed by atoms with van der Waals surface area (Å²) in [6.07, 6.45) is 2.78. The molecule has 0 saturated carbocycles. The third-order valence-electron chi connectivity index (χ3n) is 3.17. The van der Waals surface area contributed by atoms with Crippen LogP contribution in [0.2, 0.25) is 0 Å². The molecule has 1 saturated heterocycles. The first kappa shape index (κ1) is 13.0. The third kappa shape index (κ3) is 2.74. The molecule has 1 heterocycles. The molecule has 92 valence electrons. The SMILES string of the molecule is CCOC(=O)C(C)N1CCCC(CC)C1=O. The second-order valence-electron chi connectivity index (χ2n) is 4.21. The maximum Gasteiger partial charge on any atom is 0.328 e. The highest BCUT2D eigenvalue weighted by Crippen LogP contribution is 2.22. The van der Waals surface area contributed by atoms with Gasteiger partial charge in [-0.05, 0) is 33.1 Å². The maximum atomic E-state index is 12.0. The molecule has 0 aromatic heterocycles. The fourth-order valence-electron chi connectivity index (χ4n) is 2.13. The van der Waals surface area contributed by atoms with Gasteiger partial charge in [0.15, 0.2) is 0 Å². The van der Waals surface area contributed by atoms with Gasteiger partial charge in [-0.2, -0.15) is 0 Å². The number of hydrogen-bond donors (Lipinski definition) is 0. The normalized spacial score (nSPS) is 23.1. The highest BCUT2D eigenvalue weighted by atomic mass is 16.5. The van der Waals surface area contributed by atoms with E-state index < -0.39 is 6.04 Å². The summed E-state index contributed by atoms with van der Waals surface area (Å²) in [5.41, 5.74) is 0. The van der Waals surface area contributed by atoms with E-state index >= 15 is 0 Å². The van der Waals surface area contributed by atoms with E-state index in [0.717, 1.165) is 19.3 Å². The molecule has 0 aromatic rings. The van der Waals surface area contributed by atoms with Crippen LogP contribution in [0.15, 0.2) is 0 Å². The molecule has 0 aromatic carbocycles. The van der Waals surface area contributed by atoms with Gasteiger partial charge in [-0.1, -0.05) is 6.92 Å². The summed E-state index contributed by atoms with van der Waals surface area (Å²) >= 11 is 0. The van der Waals surface area contributed by atoms with Gasteiger partial charge in [-0.15, -0.1) is 0 Å². The lowest BCUT2D eigenvalue weighted by Gasteiger charge is -2.35. The predicted octanol–water partition coefficient (Wildman–Crippen LogP) is 1.59. The van der Waals surface area contributed by atoms with Crippen molar-refractivity contribution in [2.75, 3.05) is 13.2 Å². The standard InChI is InChI=1S/C12H21NO3/c1-4-10-7-6-8-13(11(10)14)9(3)12(15)16-5-2/h9-10H,4-8H2,1-3H3. The topological polar surface area (TPSA) is 46.6 Å². The summed E-state index contributed by atoms with van der Waals surface area (Å²) in [7, 11) is 0. The Morgan fingerprint density at radius 3 is 2.81 bits per heavy atom. The minimum Gasteiger partial charge on any atom is -0.464 e. The van der Waals surface area contributed by atoms with E-state index in [-0.39, 0.29) is 17.8 Å². The molecule has 4 nitrogen and oxygen atoms in total. The van der Waals surface area contributed by atoms with Crippen LogP contribution >= 0.6 is 0 Å². The van der Waals surface area contributed by atoms with E-state index in [4.69, 9.17) is 4.74 Å². The maximum absolute atomic E-state index is 12.0. The van der Waals surface area contributed by atoms with Crippen molar-refractivity contribution >= 4 is 11.9 Å². The lowest BCUT2D eigenvalue weighted by molar-refractivity contribution is -0.157. The largest absolute Gasteiger partial charge is 0.464 e. The molecular formula is C12H21NO3. The lowest BCUT2D eigenvalue weighted by Crippen LogP contribution is -2.49. The number of piperidine rings is 1. The van der Waals surface area contributed by atoms with Crippen molar-refractivity contribution in [3.63, 3.8) is 0 Å². The minimum atomic E-state index is -0.443. The van der Waals surface area contributed by atoms with Crippen molar-refractivity contribution in [2.45, 2.75) is 46.1 Å². The Morgan fingerprint density at radius 2 is 2.25 bits per heavy atom. The first-order chi connectivity index (χ1) is 7.61. The molecule has 1 aliphatic heterocycles. The van der Waals surface area contributed by atoms with Gasteiger partial charge in [0.2, 0.25) is 5.91 Å². The molecule has 0 N–H and O–H groups in total. The zero-order chi connectivity index (χ0) is 12.1. The Hall–Kier alpha value is -1.06. The summed E-state index contributed by atoms with van der Waals surface area (Å²) in [5, 5.41) is 0. The zero-order valence-corrected chi connectivity index (χ0v) is 10.4. The van der Waals surface area contributed by atoms with Gasteiger partial charge in [-0.3, -0.25) is 4.79 Å². The van der Waals surface area contributed by atoms with Crippen LogP contribution in [0.1, 0.15) is 40.0 Å². The van der Waals surface area contributed by atoms with Gasteiger partial charge < -0.3 is 9.64 Å². The van der Waals surface area contributed by atoms with Crippen LogP contribution in [-0.2, 0) is 14.3 Å². The minimum absolute atomic E-state index is 0.0885. The fraction of sp³-hybridized carbons (Fsp3) is 0.833. The molecular weight excluding hydrogens is 206 g/mol. The van der Waals surface area contributed by atoms with Crippen molar-refractivity contribution in [1.82, 2.24) is 4.90 Å². The van der Waals surface area contributed by atoms with Gasteiger partial charge in [0, 0.05) is 12.5 Å². The number of carbonyl (C=O) groups excluding carboxylic acids is 2. The van der Waals surface area contributed by atoms with Gasteiger partial charge in [-0.25, -0.2) is 4.79 Å². The Balaban J connectivity index is 2.64. The zero-order valence-electron chi connectivity index (χ0n) is 10.4. The van der Waals surface area contributed by atoms with Crippen LogP contribution in [0.4, 0.5) is 0 Å². The number of carbonyl (C=O) groups is 2. The van der Waals surface area contributed by atoms with E-state index in [0.29, 0.717) is 13.2 Å². The van der Waals surface area contributed by atoms with Crippen molar-refractivity contribution in [2.24, 2.45) is 5.92 Å². The van der Waals surface area contributed by atoms with Crippen LogP contribution < -0.4 is 0 Å². The molecule has 0 bridgehead atoms. The van der Waals surface area contributed by atoms with E-state index in [1.54, 1.807) is 18.7 Å². The summed E-state index contributed by atoms with van der Waals surface area (Å²) in [4.78, 5) is 25.3. The second kappa shape index (κ2) is 5.87. The number of likely N-dealkylation sites (tertiary alicyclic amines) is 1. The average Bonchev–Trinajstić information content (AvgIpc) is 2.29. The molecule has 1 amide bonds. The van der Waals surface area contributed by atoms with Crippen LogP contribution in [0.5, 0.6) is 0 Å². The molecule has 0 aliphatic carbocycles. The Labute approximate surface area is 96.9 Å². The van der Waals surface area contributed by atoms with E-state index in [9.17, 15) is 9.59 Å². The lowest BCUT2D eigenvalue weighted by atomic mass is 9.93. The van der Waals surface area contributed by atoms with Crippen LogP contribution in [0.25, 0.3) is 0 Å². The highest BCUT2D eigenvalue weighted by molar-refractivity contribution is 5.86. The van der Waals surface area contributed by atoms with Crippen molar-refractivity contribution in [1.29, 1.82) is 0 Å². The molecule has 1 fully saturated rings.